The molecule has 0 saturated heterocycles. The quantitative estimate of drug-likeness (QED) is 0.715. The van der Waals surface area contributed by atoms with E-state index in [4.69, 9.17) is 9.15 Å². The van der Waals surface area contributed by atoms with Crippen molar-refractivity contribution in [2.24, 2.45) is 0 Å². The van der Waals surface area contributed by atoms with E-state index in [1.54, 1.807) is 0 Å². The van der Waals surface area contributed by atoms with Crippen molar-refractivity contribution in [2.45, 2.75) is 18.9 Å². The summed E-state index contributed by atoms with van der Waals surface area (Å²) in [6.45, 7) is 1.62. The highest BCUT2D eigenvalue weighted by atomic mass is 16.5. The average Bonchev–Trinajstić information content (AvgIpc) is 3.23. The van der Waals surface area contributed by atoms with Crippen LogP contribution < -0.4 is 10.1 Å². The highest BCUT2D eigenvalue weighted by molar-refractivity contribution is 6.05. The summed E-state index contributed by atoms with van der Waals surface area (Å²) in [4.78, 5) is 0. The fourth-order valence-electron chi connectivity index (χ4n) is 2.51. The van der Waals surface area contributed by atoms with Gasteiger partial charge in [0.05, 0.1) is 0 Å². The third kappa shape index (κ3) is 2.25. The molecule has 0 spiro atoms. The zero-order valence-corrected chi connectivity index (χ0v) is 11.3. The molecule has 1 aromatic heterocycles. The molecule has 0 radical (unpaired) electrons. The third-order valence-corrected chi connectivity index (χ3v) is 3.73. The van der Waals surface area contributed by atoms with Crippen LogP contribution in [-0.4, -0.2) is 19.2 Å². The lowest BCUT2D eigenvalue weighted by molar-refractivity contribution is 0.314. The van der Waals surface area contributed by atoms with E-state index in [2.05, 4.69) is 17.4 Å². The van der Waals surface area contributed by atoms with Crippen molar-refractivity contribution in [1.82, 2.24) is 5.32 Å². The number of benzene rings is 2. The molecule has 0 bridgehead atoms. The lowest BCUT2D eigenvalue weighted by Crippen LogP contribution is -2.22. The van der Waals surface area contributed by atoms with E-state index in [0.717, 1.165) is 40.3 Å². The summed E-state index contributed by atoms with van der Waals surface area (Å²) < 4.78 is 11.6. The normalized spacial score (nSPS) is 15.0. The van der Waals surface area contributed by atoms with Crippen molar-refractivity contribution < 1.29 is 9.15 Å². The fraction of sp³-hybridized carbons (Fsp3) is 0.294. The number of para-hydroxylation sites is 1. The number of fused-ring (bicyclic) bond motifs is 3. The number of nitrogens with one attached hydrogen (secondary N) is 1. The Morgan fingerprint density at radius 3 is 2.80 bits per heavy atom. The maximum absolute atomic E-state index is 5.81. The Morgan fingerprint density at radius 2 is 1.90 bits per heavy atom. The van der Waals surface area contributed by atoms with E-state index in [9.17, 15) is 0 Å². The molecule has 1 aliphatic rings. The monoisotopic (exact) mass is 267 g/mol. The van der Waals surface area contributed by atoms with Gasteiger partial charge in [0.1, 0.15) is 23.5 Å². The van der Waals surface area contributed by atoms with Crippen LogP contribution in [0, 0.1) is 0 Å². The van der Waals surface area contributed by atoms with Crippen molar-refractivity contribution >= 4 is 21.9 Å². The minimum absolute atomic E-state index is 0.706. The minimum atomic E-state index is 0.706. The predicted octanol–water partition coefficient (Wildman–Crippen LogP) is 3.72. The molecule has 1 N–H and O–H groups in total. The Hall–Kier alpha value is -2.00. The van der Waals surface area contributed by atoms with Crippen LogP contribution >= 0.6 is 0 Å². The van der Waals surface area contributed by atoms with Crippen molar-refractivity contribution in [2.75, 3.05) is 13.2 Å². The summed E-state index contributed by atoms with van der Waals surface area (Å²) in [6.07, 6.45) is 2.62. The molecule has 0 aliphatic heterocycles. The smallest absolute Gasteiger partial charge is 0.135 e. The van der Waals surface area contributed by atoms with Gasteiger partial charge in [0.15, 0.2) is 0 Å². The molecule has 0 unspecified atom stereocenters. The molecule has 3 aromatic rings. The average molecular weight is 267 g/mol. The molecule has 2 aromatic carbocycles. The van der Waals surface area contributed by atoms with Crippen LogP contribution in [0.25, 0.3) is 21.9 Å². The van der Waals surface area contributed by atoms with Crippen molar-refractivity contribution in [3.05, 3.63) is 42.5 Å². The lowest BCUT2D eigenvalue weighted by Gasteiger charge is -2.06. The van der Waals surface area contributed by atoms with Gasteiger partial charge in [-0.3, -0.25) is 0 Å². The molecule has 20 heavy (non-hydrogen) atoms. The van der Waals surface area contributed by atoms with E-state index < -0.39 is 0 Å². The van der Waals surface area contributed by atoms with Crippen LogP contribution in [0.4, 0.5) is 0 Å². The molecule has 1 saturated carbocycles. The minimum Gasteiger partial charge on any atom is -0.492 e. The van der Waals surface area contributed by atoms with Gasteiger partial charge in [0, 0.05) is 23.4 Å². The molecule has 3 heteroatoms. The van der Waals surface area contributed by atoms with Crippen LogP contribution in [0.1, 0.15) is 12.8 Å². The van der Waals surface area contributed by atoms with Crippen LogP contribution in [0.2, 0.25) is 0 Å². The number of hydrogen-bond donors (Lipinski definition) is 1. The Morgan fingerprint density at radius 1 is 1.05 bits per heavy atom. The van der Waals surface area contributed by atoms with Crippen molar-refractivity contribution in [1.29, 1.82) is 0 Å². The van der Waals surface area contributed by atoms with E-state index in [1.165, 1.54) is 12.8 Å². The van der Waals surface area contributed by atoms with Gasteiger partial charge in [-0.05, 0) is 37.1 Å². The predicted molar refractivity (Wildman–Crippen MR) is 80.2 cm³/mol. The van der Waals surface area contributed by atoms with Crippen LogP contribution in [-0.2, 0) is 0 Å². The standard InChI is InChI=1S/C17H17NO2/c1-2-4-16-14(3-1)15-11-13(7-8-17(15)20-16)19-10-9-18-12-5-6-12/h1-4,7-8,11-12,18H,5-6,9-10H2. The molecule has 1 heterocycles. The van der Waals surface area contributed by atoms with Gasteiger partial charge in [-0.15, -0.1) is 0 Å². The van der Waals surface area contributed by atoms with E-state index in [1.807, 2.05) is 30.3 Å². The Labute approximate surface area is 117 Å². The topological polar surface area (TPSA) is 34.4 Å². The zero-order valence-electron chi connectivity index (χ0n) is 11.3. The first-order valence-corrected chi connectivity index (χ1v) is 7.18. The van der Waals surface area contributed by atoms with E-state index in [0.29, 0.717) is 6.61 Å². The molecule has 0 amide bonds. The van der Waals surface area contributed by atoms with Crippen molar-refractivity contribution in [3.8, 4) is 5.75 Å². The maximum atomic E-state index is 5.81. The molecule has 1 aliphatic carbocycles. The summed E-state index contributed by atoms with van der Waals surface area (Å²) in [7, 11) is 0. The molecule has 0 atom stereocenters. The van der Waals surface area contributed by atoms with E-state index in [-0.39, 0.29) is 0 Å². The van der Waals surface area contributed by atoms with Gasteiger partial charge < -0.3 is 14.5 Å². The number of rotatable bonds is 5. The lowest BCUT2D eigenvalue weighted by atomic mass is 10.1. The molecule has 3 nitrogen and oxygen atoms in total. The van der Waals surface area contributed by atoms with Gasteiger partial charge in [-0.2, -0.15) is 0 Å². The zero-order chi connectivity index (χ0) is 13.4. The molecular formula is C17H17NO2. The highest BCUT2D eigenvalue weighted by Crippen LogP contribution is 2.31. The third-order valence-electron chi connectivity index (χ3n) is 3.73. The maximum Gasteiger partial charge on any atom is 0.135 e. The largest absolute Gasteiger partial charge is 0.492 e. The molecule has 4 rings (SSSR count). The van der Waals surface area contributed by atoms with E-state index >= 15 is 0 Å². The summed E-state index contributed by atoms with van der Waals surface area (Å²) in [5, 5.41) is 5.71. The van der Waals surface area contributed by atoms with Crippen LogP contribution in [0.15, 0.2) is 46.9 Å². The van der Waals surface area contributed by atoms with Gasteiger partial charge >= 0.3 is 0 Å². The Kier molecular flexibility index (Phi) is 2.85. The van der Waals surface area contributed by atoms with Gasteiger partial charge in [-0.1, -0.05) is 18.2 Å². The number of hydrogen-bond acceptors (Lipinski definition) is 3. The fourth-order valence-corrected chi connectivity index (χ4v) is 2.51. The second-order valence-electron chi connectivity index (χ2n) is 5.33. The first-order chi connectivity index (χ1) is 9.90. The Bertz CT molecular complexity index is 743. The first-order valence-electron chi connectivity index (χ1n) is 7.18. The SMILES string of the molecule is c1ccc2c(c1)oc1ccc(OCCNC3CC3)cc12. The number of furan rings is 1. The summed E-state index contributed by atoms with van der Waals surface area (Å²) in [5.74, 6) is 0.904. The first kappa shape index (κ1) is 11.8. The second-order valence-corrected chi connectivity index (χ2v) is 5.33. The molecule has 102 valence electrons. The molecular weight excluding hydrogens is 250 g/mol. The Balaban J connectivity index is 1.55. The van der Waals surface area contributed by atoms with Gasteiger partial charge in [0.25, 0.3) is 0 Å². The second kappa shape index (κ2) is 4.84. The summed E-state index contributed by atoms with van der Waals surface area (Å²) >= 11 is 0. The summed E-state index contributed by atoms with van der Waals surface area (Å²) in [5.41, 5.74) is 1.84. The number of ether oxygens (including phenoxy) is 1. The van der Waals surface area contributed by atoms with Gasteiger partial charge in [-0.25, -0.2) is 0 Å². The van der Waals surface area contributed by atoms with Crippen molar-refractivity contribution in [3.63, 3.8) is 0 Å². The van der Waals surface area contributed by atoms with Crippen LogP contribution in [0.3, 0.4) is 0 Å². The molecule has 1 fully saturated rings. The van der Waals surface area contributed by atoms with Gasteiger partial charge in [0.2, 0.25) is 0 Å². The van der Waals surface area contributed by atoms with Crippen LogP contribution in [0.5, 0.6) is 5.75 Å². The summed E-state index contributed by atoms with van der Waals surface area (Å²) in [6, 6.07) is 14.9. The highest BCUT2D eigenvalue weighted by Gasteiger charge is 2.19.